The molecule has 2 N–H and O–H groups in total. The Kier molecular flexibility index (Phi) is 7.95. The molecule has 0 fully saturated rings. The zero-order valence-corrected chi connectivity index (χ0v) is 20.8. The molecule has 0 saturated carbocycles. The second kappa shape index (κ2) is 11.3. The zero-order valence-electron chi connectivity index (χ0n) is 20.8. The number of carbonyl (C=O) groups excluding carboxylic acids is 2. The Balaban J connectivity index is 1.60. The van der Waals surface area contributed by atoms with Crippen molar-refractivity contribution in [2.45, 2.75) is 31.9 Å². The third kappa shape index (κ3) is 5.09. The Bertz CT molecular complexity index is 1290. The van der Waals surface area contributed by atoms with Gasteiger partial charge in [-0.05, 0) is 36.8 Å². The quantitative estimate of drug-likeness (QED) is 0.291. The molecule has 2 atom stereocenters. The average molecular weight is 502 g/mol. The average Bonchev–Trinajstić information content (AvgIpc) is 3.45. The maximum absolute atomic E-state index is 13.5. The molecule has 0 unspecified atom stereocenters. The molecule has 9 heteroatoms. The summed E-state index contributed by atoms with van der Waals surface area (Å²) in [6, 6.07) is 14.4. The number of aliphatic hydroxyl groups excluding tert-OH is 1. The van der Waals surface area contributed by atoms with Crippen LogP contribution >= 0.6 is 0 Å². The minimum Gasteiger partial charge on any atom is -0.396 e. The summed E-state index contributed by atoms with van der Waals surface area (Å²) in [6.45, 7) is 6.39. The smallest absolute Gasteiger partial charge is 0.264 e. The zero-order chi connectivity index (χ0) is 26.4. The van der Waals surface area contributed by atoms with Gasteiger partial charge >= 0.3 is 0 Å². The first-order valence-electron chi connectivity index (χ1n) is 12.2. The summed E-state index contributed by atoms with van der Waals surface area (Å²) in [4.78, 5) is 28.5. The van der Waals surface area contributed by atoms with Crippen LogP contribution in [0.4, 0.5) is 17.1 Å². The van der Waals surface area contributed by atoms with Crippen LogP contribution < -0.4 is 9.80 Å². The van der Waals surface area contributed by atoms with Gasteiger partial charge in [0.05, 0.1) is 11.4 Å². The van der Waals surface area contributed by atoms with E-state index in [1.54, 1.807) is 42.1 Å². The molecule has 2 amide bonds. The van der Waals surface area contributed by atoms with Crippen LogP contribution in [0.5, 0.6) is 0 Å². The van der Waals surface area contributed by atoms with Crippen LogP contribution in [-0.4, -0.2) is 50.7 Å². The van der Waals surface area contributed by atoms with Crippen molar-refractivity contribution in [1.29, 1.82) is 0 Å². The fraction of sp³-hybridized carbons (Fsp3) is 0.286. The lowest BCUT2D eigenvalue weighted by molar-refractivity contribution is -0.139. The monoisotopic (exact) mass is 501 g/mol. The second-order valence-corrected chi connectivity index (χ2v) is 8.94. The maximum atomic E-state index is 13.5. The summed E-state index contributed by atoms with van der Waals surface area (Å²) in [7, 11) is 0. The van der Waals surface area contributed by atoms with E-state index in [0.29, 0.717) is 48.4 Å². The largest absolute Gasteiger partial charge is 0.396 e. The molecule has 2 aromatic carbocycles. The third-order valence-corrected chi connectivity index (χ3v) is 6.55. The Morgan fingerprint density at radius 1 is 1.19 bits per heavy atom. The van der Waals surface area contributed by atoms with Crippen molar-refractivity contribution in [1.82, 2.24) is 15.0 Å². The molecule has 37 heavy (non-hydrogen) atoms. The van der Waals surface area contributed by atoms with Gasteiger partial charge in [0, 0.05) is 55.2 Å². The molecular weight excluding hydrogens is 470 g/mol. The Labute approximate surface area is 215 Å². The van der Waals surface area contributed by atoms with Crippen LogP contribution in [0.1, 0.15) is 24.6 Å². The number of carbonyl (C=O) groups is 2. The van der Waals surface area contributed by atoms with Gasteiger partial charge < -0.3 is 15.1 Å². The Morgan fingerprint density at radius 2 is 1.97 bits per heavy atom. The normalized spacial score (nSPS) is 17.7. The van der Waals surface area contributed by atoms with Crippen molar-refractivity contribution in [2.75, 3.05) is 23.0 Å². The van der Waals surface area contributed by atoms with Gasteiger partial charge in [-0.15, -0.1) is 11.7 Å². The molecule has 1 aliphatic heterocycles. The number of amides is 2. The lowest BCUT2D eigenvalue weighted by atomic mass is 9.82. The summed E-state index contributed by atoms with van der Waals surface area (Å²) in [5, 5.41) is 28.9. The van der Waals surface area contributed by atoms with Crippen molar-refractivity contribution in [3.05, 3.63) is 90.8 Å². The number of nitrogens with zero attached hydrogens (tertiary/aromatic N) is 5. The first-order valence-corrected chi connectivity index (χ1v) is 12.2. The van der Waals surface area contributed by atoms with E-state index < -0.39 is 17.4 Å². The van der Waals surface area contributed by atoms with E-state index in [0.717, 1.165) is 5.69 Å². The number of fused-ring (bicyclic) bond motifs is 1. The standard InChI is InChI=1S/C28H31N5O4/c1-3-15-32-26-13-12-24(33(20-35)23-10-5-4-6-11-23)18-25(26)28(37,27(32)36)21(2)9-7-8-16-31-19-22(14-17-34)29-30-31/h3-7,9-13,18-21,34,37H,1,8,14-17H2,2H3/b9-7+/t21-,28+/m1/s1. The van der Waals surface area contributed by atoms with Crippen molar-refractivity contribution in [2.24, 2.45) is 5.92 Å². The number of allylic oxidation sites excluding steroid dienone is 1. The number of hydrogen-bond acceptors (Lipinski definition) is 6. The SMILES string of the molecule is C=CCN1C(=O)[C@](O)([C@H](C)/C=C/CCn2cc(CCO)nn2)c2cc(N(C=O)c3ccccc3)ccc21. The van der Waals surface area contributed by atoms with Crippen molar-refractivity contribution < 1.29 is 19.8 Å². The van der Waals surface area contributed by atoms with Crippen LogP contribution in [0.3, 0.4) is 0 Å². The molecule has 9 nitrogen and oxygen atoms in total. The molecule has 0 aliphatic carbocycles. The highest BCUT2D eigenvalue weighted by atomic mass is 16.3. The minimum atomic E-state index is -1.81. The van der Waals surface area contributed by atoms with Gasteiger partial charge in [-0.3, -0.25) is 19.2 Å². The molecule has 0 spiro atoms. The number of aryl methyl sites for hydroxylation is 1. The molecule has 0 saturated heterocycles. The summed E-state index contributed by atoms with van der Waals surface area (Å²) in [5.74, 6) is -0.982. The summed E-state index contributed by atoms with van der Waals surface area (Å²) < 4.78 is 1.69. The van der Waals surface area contributed by atoms with Crippen molar-refractivity contribution in [3.63, 3.8) is 0 Å². The number of anilines is 3. The predicted octanol–water partition coefficient (Wildman–Crippen LogP) is 3.11. The lowest BCUT2D eigenvalue weighted by Crippen LogP contribution is -2.44. The second-order valence-electron chi connectivity index (χ2n) is 8.94. The first kappa shape index (κ1) is 26.0. The molecule has 2 heterocycles. The maximum Gasteiger partial charge on any atom is 0.264 e. The topological polar surface area (TPSA) is 112 Å². The van der Waals surface area contributed by atoms with Crippen LogP contribution in [0.25, 0.3) is 0 Å². The van der Waals surface area contributed by atoms with E-state index in [4.69, 9.17) is 5.11 Å². The van der Waals surface area contributed by atoms with E-state index in [1.165, 1.54) is 9.80 Å². The van der Waals surface area contributed by atoms with Crippen LogP contribution in [0, 0.1) is 5.92 Å². The number of benzene rings is 2. The molecule has 0 bridgehead atoms. The molecule has 0 radical (unpaired) electrons. The fourth-order valence-electron chi connectivity index (χ4n) is 4.58. The van der Waals surface area contributed by atoms with Crippen LogP contribution in [0.15, 0.2) is 79.5 Å². The van der Waals surface area contributed by atoms with E-state index in [-0.39, 0.29) is 13.2 Å². The van der Waals surface area contributed by atoms with Crippen LogP contribution in [0.2, 0.25) is 0 Å². The van der Waals surface area contributed by atoms with Crippen molar-refractivity contribution >= 4 is 29.4 Å². The Morgan fingerprint density at radius 3 is 2.68 bits per heavy atom. The van der Waals surface area contributed by atoms with Gasteiger partial charge in [-0.1, -0.05) is 48.6 Å². The van der Waals surface area contributed by atoms with E-state index >= 15 is 0 Å². The van der Waals surface area contributed by atoms with E-state index in [2.05, 4.69) is 16.9 Å². The summed E-state index contributed by atoms with van der Waals surface area (Å²) >= 11 is 0. The highest BCUT2D eigenvalue weighted by Gasteiger charge is 2.52. The number of para-hydroxylation sites is 1. The van der Waals surface area contributed by atoms with Gasteiger partial charge in [-0.2, -0.15) is 0 Å². The van der Waals surface area contributed by atoms with Crippen LogP contribution in [-0.2, 0) is 28.2 Å². The van der Waals surface area contributed by atoms with Gasteiger partial charge in [0.25, 0.3) is 5.91 Å². The number of hydrogen-bond donors (Lipinski definition) is 2. The van der Waals surface area contributed by atoms with E-state index in [9.17, 15) is 14.7 Å². The molecule has 192 valence electrons. The Hall–Kier alpha value is -4.08. The summed E-state index contributed by atoms with van der Waals surface area (Å²) in [5.41, 5.74) is 1.18. The molecule has 1 aliphatic rings. The van der Waals surface area contributed by atoms with Gasteiger partial charge in [-0.25, -0.2) is 0 Å². The first-order chi connectivity index (χ1) is 17.9. The minimum absolute atomic E-state index is 0.0186. The molecule has 4 rings (SSSR count). The highest BCUT2D eigenvalue weighted by Crippen LogP contribution is 2.47. The lowest BCUT2D eigenvalue weighted by Gasteiger charge is -2.28. The predicted molar refractivity (Wildman–Crippen MR) is 141 cm³/mol. The highest BCUT2D eigenvalue weighted by molar-refractivity contribution is 6.08. The fourth-order valence-corrected chi connectivity index (χ4v) is 4.58. The number of aromatic nitrogens is 3. The van der Waals surface area contributed by atoms with Gasteiger partial charge in [0.1, 0.15) is 0 Å². The third-order valence-electron chi connectivity index (χ3n) is 6.55. The molecule has 1 aromatic heterocycles. The van der Waals surface area contributed by atoms with Gasteiger partial charge in [0.2, 0.25) is 6.41 Å². The molecular formula is C28H31N5O4. The summed E-state index contributed by atoms with van der Waals surface area (Å²) in [6.07, 6.45) is 8.93. The number of aliphatic hydroxyl groups is 2. The van der Waals surface area contributed by atoms with E-state index in [1.807, 2.05) is 42.5 Å². The number of rotatable bonds is 12. The van der Waals surface area contributed by atoms with Gasteiger partial charge in [0.15, 0.2) is 5.60 Å². The molecule has 3 aromatic rings. The van der Waals surface area contributed by atoms with Crippen molar-refractivity contribution in [3.8, 4) is 0 Å².